The fraction of sp³-hybridized carbons (Fsp3) is 0.308. The van der Waals surface area contributed by atoms with Crippen LogP contribution in [0.5, 0.6) is 0 Å². The van der Waals surface area contributed by atoms with Gasteiger partial charge in [0.25, 0.3) is 0 Å². The van der Waals surface area contributed by atoms with E-state index < -0.39 is 0 Å². The van der Waals surface area contributed by atoms with Crippen LogP contribution in [0.2, 0.25) is 0 Å². The molecule has 14 heavy (non-hydrogen) atoms. The quantitative estimate of drug-likeness (QED) is 0.524. The molecule has 0 radical (unpaired) electrons. The Morgan fingerprint density at radius 3 is 2.71 bits per heavy atom. The van der Waals surface area contributed by atoms with E-state index in [-0.39, 0.29) is 0 Å². The number of hydrogen-bond acceptors (Lipinski definition) is 1. The second kappa shape index (κ2) is 4.75. The summed E-state index contributed by atoms with van der Waals surface area (Å²) in [4.78, 5) is 10.4. The standard InChI is InChI=1S/C13H16O/c1-10(2)8-12-4-5-13(6-7-14)11(3)9-12/h4-5,7,9H,1,6,8H2,2-3H3. The van der Waals surface area contributed by atoms with Crippen molar-refractivity contribution in [3.05, 3.63) is 47.0 Å². The topological polar surface area (TPSA) is 17.1 Å². The van der Waals surface area contributed by atoms with Crippen LogP contribution in [0.3, 0.4) is 0 Å². The number of aryl methyl sites for hydroxylation is 1. The highest BCUT2D eigenvalue weighted by Gasteiger charge is 1.99. The minimum atomic E-state index is 0.513. The summed E-state index contributed by atoms with van der Waals surface area (Å²) in [6, 6.07) is 6.23. The van der Waals surface area contributed by atoms with Crippen molar-refractivity contribution in [2.24, 2.45) is 0 Å². The van der Waals surface area contributed by atoms with Gasteiger partial charge in [-0.3, -0.25) is 0 Å². The van der Waals surface area contributed by atoms with E-state index in [0.29, 0.717) is 6.42 Å². The average Bonchev–Trinajstić information content (AvgIpc) is 2.09. The van der Waals surface area contributed by atoms with E-state index in [1.54, 1.807) is 0 Å². The van der Waals surface area contributed by atoms with Gasteiger partial charge in [0.15, 0.2) is 0 Å². The van der Waals surface area contributed by atoms with Crippen molar-refractivity contribution < 1.29 is 4.79 Å². The molecule has 0 heterocycles. The maximum Gasteiger partial charge on any atom is 0.124 e. The summed E-state index contributed by atoms with van der Waals surface area (Å²) in [7, 11) is 0. The summed E-state index contributed by atoms with van der Waals surface area (Å²) < 4.78 is 0. The Bertz CT molecular complexity index is 350. The molecule has 74 valence electrons. The summed E-state index contributed by atoms with van der Waals surface area (Å²) in [6.45, 7) is 7.95. The first-order valence-electron chi connectivity index (χ1n) is 4.80. The van der Waals surface area contributed by atoms with E-state index in [0.717, 1.165) is 23.8 Å². The van der Waals surface area contributed by atoms with Crippen molar-refractivity contribution in [3.8, 4) is 0 Å². The molecule has 1 aromatic rings. The van der Waals surface area contributed by atoms with Gasteiger partial charge in [0.05, 0.1) is 0 Å². The highest BCUT2D eigenvalue weighted by Crippen LogP contribution is 2.13. The number of carbonyl (C=O) groups is 1. The molecule has 0 aromatic heterocycles. The van der Waals surface area contributed by atoms with Crippen molar-refractivity contribution in [3.63, 3.8) is 0 Å². The molecule has 0 unspecified atom stereocenters. The number of benzene rings is 1. The van der Waals surface area contributed by atoms with Crippen molar-refractivity contribution in [1.29, 1.82) is 0 Å². The molecule has 1 aromatic carbocycles. The van der Waals surface area contributed by atoms with Crippen LogP contribution >= 0.6 is 0 Å². The Morgan fingerprint density at radius 2 is 2.21 bits per heavy atom. The van der Waals surface area contributed by atoms with Gasteiger partial charge in [0.1, 0.15) is 6.29 Å². The minimum absolute atomic E-state index is 0.513. The van der Waals surface area contributed by atoms with Crippen LogP contribution in [-0.4, -0.2) is 6.29 Å². The molecule has 0 spiro atoms. The van der Waals surface area contributed by atoms with Crippen LogP contribution in [0.25, 0.3) is 0 Å². The smallest absolute Gasteiger partial charge is 0.124 e. The summed E-state index contributed by atoms with van der Waals surface area (Å²) in [5, 5.41) is 0. The van der Waals surface area contributed by atoms with Crippen LogP contribution in [-0.2, 0) is 17.6 Å². The summed E-state index contributed by atoms with van der Waals surface area (Å²) >= 11 is 0. The Labute approximate surface area is 85.5 Å². The molecule has 0 aliphatic carbocycles. The molecule has 0 aliphatic heterocycles. The van der Waals surface area contributed by atoms with Crippen LogP contribution in [0.4, 0.5) is 0 Å². The SMILES string of the molecule is C=C(C)Cc1ccc(CC=O)c(C)c1. The van der Waals surface area contributed by atoms with Crippen molar-refractivity contribution in [2.75, 3.05) is 0 Å². The number of rotatable bonds is 4. The largest absolute Gasteiger partial charge is 0.303 e. The minimum Gasteiger partial charge on any atom is -0.303 e. The highest BCUT2D eigenvalue weighted by molar-refractivity contribution is 5.56. The summed E-state index contributed by atoms with van der Waals surface area (Å²) in [5.41, 5.74) is 4.73. The van der Waals surface area contributed by atoms with Crippen LogP contribution < -0.4 is 0 Å². The maximum absolute atomic E-state index is 10.4. The van der Waals surface area contributed by atoms with Crippen LogP contribution in [0.1, 0.15) is 23.6 Å². The highest BCUT2D eigenvalue weighted by atomic mass is 16.1. The third-order valence-corrected chi connectivity index (χ3v) is 2.22. The fourth-order valence-corrected chi connectivity index (χ4v) is 1.54. The van der Waals surface area contributed by atoms with Gasteiger partial charge >= 0.3 is 0 Å². The lowest BCUT2D eigenvalue weighted by Gasteiger charge is -2.06. The molecule has 0 bridgehead atoms. The third-order valence-electron chi connectivity index (χ3n) is 2.22. The van der Waals surface area contributed by atoms with Gasteiger partial charge in [-0.25, -0.2) is 0 Å². The number of allylic oxidation sites excluding steroid dienone is 1. The van der Waals surface area contributed by atoms with Crippen LogP contribution in [0.15, 0.2) is 30.4 Å². The van der Waals surface area contributed by atoms with E-state index in [2.05, 4.69) is 18.7 Å². The van der Waals surface area contributed by atoms with Crippen molar-refractivity contribution in [1.82, 2.24) is 0 Å². The monoisotopic (exact) mass is 188 g/mol. The first-order chi connectivity index (χ1) is 6.63. The molecular formula is C13H16O. The zero-order valence-electron chi connectivity index (χ0n) is 8.84. The Balaban J connectivity index is 2.88. The lowest BCUT2D eigenvalue weighted by atomic mass is 10.00. The van der Waals surface area contributed by atoms with E-state index in [1.807, 2.05) is 19.9 Å². The molecule has 1 heteroatoms. The molecule has 1 rings (SSSR count). The first-order valence-corrected chi connectivity index (χ1v) is 4.80. The van der Waals surface area contributed by atoms with Crippen molar-refractivity contribution in [2.45, 2.75) is 26.7 Å². The summed E-state index contributed by atoms with van der Waals surface area (Å²) in [6.07, 6.45) is 2.38. The number of hydrogen-bond donors (Lipinski definition) is 0. The second-order valence-corrected chi connectivity index (χ2v) is 3.77. The maximum atomic E-state index is 10.4. The Hall–Kier alpha value is -1.37. The normalized spacial score (nSPS) is 9.86. The average molecular weight is 188 g/mol. The summed E-state index contributed by atoms with van der Waals surface area (Å²) in [5.74, 6) is 0. The number of aldehydes is 1. The van der Waals surface area contributed by atoms with Gasteiger partial charge in [0.2, 0.25) is 0 Å². The Kier molecular flexibility index (Phi) is 3.63. The fourth-order valence-electron chi connectivity index (χ4n) is 1.54. The molecule has 0 aliphatic rings. The molecule has 0 fully saturated rings. The van der Waals surface area contributed by atoms with Crippen LogP contribution in [0, 0.1) is 6.92 Å². The van der Waals surface area contributed by atoms with E-state index in [1.165, 1.54) is 11.1 Å². The molecule has 0 saturated heterocycles. The van der Waals surface area contributed by atoms with Gasteiger partial charge in [-0.15, -0.1) is 0 Å². The van der Waals surface area contributed by atoms with E-state index in [9.17, 15) is 4.79 Å². The third kappa shape index (κ3) is 2.84. The van der Waals surface area contributed by atoms with Gasteiger partial charge in [-0.05, 0) is 37.0 Å². The predicted octanol–water partition coefficient (Wildman–Crippen LogP) is 2.86. The van der Waals surface area contributed by atoms with E-state index >= 15 is 0 Å². The zero-order valence-corrected chi connectivity index (χ0v) is 8.84. The van der Waals surface area contributed by atoms with Gasteiger partial charge in [-0.1, -0.05) is 30.4 Å². The van der Waals surface area contributed by atoms with Gasteiger partial charge < -0.3 is 4.79 Å². The molecule has 0 saturated carbocycles. The van der Waals surface area contributed by atoms with Gasteiger partial charge in [-0.2, -0.15) is 0 Å². The van der Waals surface area contributed by atoms with E-state index in [4.69, 9.17) is 0 Å². The van der Waals surface area contributed by atoms with Gasteiger partial charge in [0, 0.05) is 6.42 Å². The molecule has 0 atom stereocenters. The van der Waals surface area contributed by atoms with Crippen molar-refractivity contribution >= 4 is 6.29 Å². The second-order valence-electron chi connectivity index (χ2n) is 3.77. The number of carbonyl (C=O) groups excluding carboxylic acids is 1. The molecule has 0 amide bonds. The Morgan fingerprint density at radius 1 is 1.50 bits per heavy atom. The molecular weight excluding hydrogens is 172 g/mol. The lowest BCUT2D eigenvalue weighted by Crippen LogP contribution is -1.93. The molecule has 0 N–H and O–H groups in total. The first kappa shape index (κ1) is 10.7. The molecule has 1 nitrogen and oxygen atoms in total. The zero-order chi connectivity index (χ0) is 10.6. The lowest BCUT2D eigenvalue weighted by molar-refractivity contribution is -0.107. The predicted molar refractivity (Wildman–Crippen MR) is 59.5 cm³/mol.